The number of nitrogens with zero attached hydrogens (tertiary/aromatic N) is 2. The van der Waals surface area contributed by atoms with Crippen LogP contribution in [0.5, 0.6) is 0 Å². The second-order valence-electron chi connectivity index (χ2n) is 6.68. The number of hydrogen-bond acceptors (Lipinski definition) is 4. The average Bonchev–Trinajstić information content (AvgIpc) is 2.65. The van der Waals surface area contributed by atoms with Gasteiger partial charge < -0.3 is 10.6 Å². The number of nitrogens with one attached hydrogen (secondary N) is 2. The van der Waals surface area contributed by atoms with Gasteiger partial charge in [-0.25, -0.2) is 0 Å². The highest BCUT2D eigenvalue weighted by Crippen LogP contribution is 2.10. The Balaban J connectivity index is 1.71. The van der Waals surface area contributed by atoms with Crippen LogP contribution in [-0.4, -0.2) is 66.9 Å². The van der Waals surface area contributed by atoms with Gasteiger partial charge in [-0.15, -0.1) is 0 Å². The lowest BCUT2D eigenvalue weighted by molar-refractivity contribution is -0.128. The number of carbonyl (C=O) groups is 2. The number of hydrogen-bond donors (Lipinski definition) is 2. The molecule has 0 saturated carbocycles. The third-order valence-electron chi connectivity index (χ3n) is 4.65. The van der Waals surface area contributed by atoms with Crippen molar-refractivity contribution >= 4 is 23.4 Å². The summed E-state index contributed by atoms with van der Waals surface area (Å²) in [5.41, 5.74) is 1.03. The third-order valence-corrected chi connectivity index (χ3v) is 4.91. The summed E-state index contributed by atoms with van der Waals surface area (Å²) in [6.07, 6.45) is 0.947. The van der Waals surface area contributed by atoms with Crippen LogP contribution in [0.2, 0.25) is 5.02 Å². The SMILES string of the molecule is CCCNC(=O)CN1CCN(C(C)C(=O)NCc2ccc(Cl)cc2)CC1. The Bertz CT molecular complexity index is 586. The van der Waals surface area contributed by atoms with E-state index in [1.165, 1.54) is 0 Å². The zero-order valence-electron chi connectivity index (χ0n) is 15.6. The topological polar surface area (TPSA) is 64.7 Å². The number of piperazine rings is 1. The highest BCUT2D eigenvalue weighted by Gasteiger charge is 2.26. The van der Waals surface area contributed by atoms with E-state index in [0.29, 0.717) is 18.1 Å². The lowest BCUT2D eigenvalue weighted by atomic mass is 10.2. The highest BCUT2D eigenvalue weighted by atomic mass is 35.5. The van der Waals surface area contributed by atoms with Crippen LogP contribution in [0.25, 0.3) is 0 Å². The van der Waals surface area contributed by atoms with Gasteiger partial charge in [0.1, 0.15) is 0 Å². The van der Waals surface area contributed by atoms with Crippen molar-refractivity contribution in [2.45, 2.75) is 32.9 Å². The molecule has 7 heteroatoms. The molecule has 1 aromatic rings. The molecule has 2 rings (SSSR count). The second kappa shape index (κ2) is 10.5. The Morgan fingerprint density at radius 1 is 1.12 bits per heavy atom. The first kappa shape index (κ1) is 20.7. The standard InChI is InChI=1S/C19H29ClN4O2/c1-3-8-21-18(25)14-23-9-11-24(12-10-23)15(2)19(26)22-13-16-4-6-17(20)7-5-16/h4-7,15H,3,8-14H2,1-2H3,(H,21,25)(H,22,26). The third kappa shape index (κ3) is 6.59. The summed E-state index contributed by atoms with van der Waals surface area (Å²) in [7, 11) is 0. The molecule has 144 valence electrons. The minimum atomic E-state index is -0.182. The second-order valence-corrected chi connectivity index (χ2v) is 7.12. The molecule has 26 heavy (non-hydrogen) atoms. The largest absolute Gasteiger partial charge is 0.355 e. The van der Waals surface area contributed by atoms with E-state index in [-0.39, 0.29) is 17.9 Å². The van der Waals surface area contributed by atoms with Gasteiger partial charge in [0.2, 0.25) is 11.8 Å². The molecule has 2 N–H and O–H groups in total. The van der Waals surface area contributed by atoms with E-state index in [9.17, 15) is 9.59 Å². The molecule has 6 nitrogen and oxygen atoms in total. The van der Waals surface area contributed by atoms with E-state index in [4.69, 9.17) is 11.6 Å². The van der Waals surface area contributed by atoms with E-state index in [1.807, 2.05) is 38.1 Å². The molecular formula is C19H29ClN4O2. The predicted octanol–water partition coefficient (Wildman–Crippen LogP) is 1.49. The minimum Gasteiger partial charge on any atom is -0.355 e. The quantitative estimate of drug-likeness (QED) is 0.717. The summed E-state index contributed by atoms with van der Waals surface area (Å²) >= 11 is 5.87. The van der Waals surface area contributed by atoms with Crippen LogP contribution in [0, 0.1) is 0 Å². The van der Waals surface area contributed by atoms with Crippen molar-refractivity contribution in [2.24, 2.45) is 0 Å². The normalized spacial score (nSPS) is 16.9. The summed E-state index contributed by atoms with van der Waals surface area (Å²) in [6, 6.07) is 7.29. The van der Waals surface area contributed by atoms with Crippen molar-refractivity contribution in [1.29, 1.82) is 0 Å². The van der Waals surface area contributed by atoms with Gasteiger partial charge in [-0.3, -0.25) is 19.4 Å². The molecule has 1 saturated heterocycles. The summed E-state index contributed by atoms with van der Waals surface area (Å²) in [4.78, 5) is 28.5. The Morgan fingerprint density at radius 3 is 2.38 bits per heavy atom. The zero-order chi connectivity index (χ0) is 18.9. The van der Waals surface area contributed by atoms with Gasteiger partial charge in [0, 0.05) is 44.3 Å². The van der Waals surface area contributed by atoms with Crippen molar-refractivity contribution < 1.29 is 9.59 Å². The lowest BCUT2D eigenvalue weighted by Gasteiger charge is -2.37. The minimum absolute atomic E-state index is 0.0223. The number of amides is 2. The van der Waals surface area contributed by atoms with E-state index in [0.717, 1.165) is 44.7 Å². The number of carbonyl (C=O) groups excluding carboxylic acids is 2. The number of benzene rings is 1. The Kier molecular flexibility index (Phi) is 8.35. The molecule has 1 fully saturated rings. The van der Waals surface area contributed by atoms with Crippen molar-refractivity contribution in [1.82, 2.24) is 20.4 Å². The fraction of sp³-hybridized carbons (Fsp3) is 0.579. The van der Waals surface area contributed by atoms with Crippen LogP contribution >= 0.6 is 11.6 Å². The van der Waals surface area contributed by atoms with E-state index >= 15 is 0 Å². The van der Waals surface area contributed by atoms with Crippen LogP contribution in [0.3, 0.4) is 0 Å². The monoisotopic (exact) mass is 380 g/mol. The predicted molar refractivity (Wildman–Crippen MR) is 104 cm³/mol. The van der Waals surface area contributed by atoms with Gasteiger partial charge in [0.15, 0.2) is 0 Å². The number of rotatable bonds is 8. The van der Waals surface area contributed by atoms with E-state index < -0.39 is 0 Å². The van der Waals surface area contributed by atoms with Crippen LogP contribution < -0.4 is 10.6 Å². The molecule has 0 aromatic heterocycles. The maximum Gasteiger partial charge on any atom is 0.237 e. The molecule has 1 atom stereocenters. The lowest BCUT2D eigenvalue weighted by Crippen LogP contribution is -2.55. The molecule has 1 aliphatic rings. The molecule has 1 aliphatic heterocycles. The Hall–Kier alpha value is -1.63. The van der Waals surface area contributed by atoms with Crippen LogP contribution in [0.15, 0.2) is 24.3 Å². The van der Waals surface area contributed by atoms with Crippen molar-refractivity contribution in [3.05, 3.63) is 34.9 Å². The smallest absolute Gasteiger partial charge is 0.237 e. The molecule has 0 radical (unpaired) electrons. The van der Waals surface area contributed by atoms with Gasteiger partial charge in [0.05, 0.1) is 12.6 Å². The fourth-order valence-electron chi connectivity index (χ4n) is 2.94. The number of halogens is 1. The van der Waals surface area contributed by atoms with Crippen molar-refractivity contribution in [3.63, 3.8) is 0 Å². The molecule has 0 spiro atoms. The first-order valence-corrected chi connectivity index (χ1v) is 9.62. The molecule has 0 aliphatic carbocycles. The summed E-state index contributed by atoms with van der Waals surface area (Å²) in [5.74, 6) is 0.100. The van der Waals surface area contributed by atoms with Crippen LogP contribution in [0.1, 0.15) is 25.8 Å². The van der Waals surface area contributed by atoms with Gasteiger partial charge in [-0.2, -0.15) is 0 Å². The highest BCUT2D eigenvalue weighted by molar-refractivity contribution is 6.30. The first-order chi connectivity index (χ1) is 12.5. The molecular weight excluding hydrogens is 352 g/mol. The summed E-state index contributed by atoms with van der Waals surface area (Å²) < 4.78 is 0. The molecule has 1 unspecified atom stereocenters. The van der Waals surface area contributed by atoms with Crippen molar-refractivity contribution in [2.75, 3.05) is 39.3 Å². The summed E-state index contributed by atoms with van der Waals surface area (Å²) in [5, 5.41) is 6.57. The molecule has 1 heterocycles. The maximum atomic E-state index is 12.4. The Labute approximate surface area is 160 Å². The fourth-order valence-corrected chi connectivity index (χ4v) is 3.06. The van der Waals surface area contributed by atoms with Gasteiger partial charge in [-0.1, -0.05) is 30.7 Å². The van der Waals surface area contributed by atoms with Crippen LogP contribution in [0.4, 0.5) is 0 Å². The average molecular weight is 381 g/mol. The molecule has 2 amide bonds. The van der Waals surface area contributed by atoms with Crippen LogP contribution in [-0.2, 0) is 16.1 Å². The van der Waals surface area contributed by atoms with Gasteiger partial charge >= 0.3 is 0 Å². The van der Waals surface area contributed by atoms with Crippen molar-refractivity contribution in [3.8, 4) is 0 Å². The zero-order valence-corrected chi connectivity index (χ0v) is 16.4. The molecule has 1 aromatic carbocycles. The Morgan fingerprint density at radius 2 is 1.77 bits per heavy atom. The molecule has 0 bridgehead atoms. The summed E-state index contributed by atoms with van der Waals surface area (Å²) in [6.45, 7) is 8.81. The maximum absolute atomic E-state index is 12.4. The first-order valence-electron chi connectivity index (χ1n) is 9.25. The van der Waals surface area contributed by atoms with E-state index in [2.05, 4.69) is 20.4 Å². The van der Waals surface area contributed by atoms with Gasteiger partial charge in [0.25, 0.3) is 0 Å². The van der Waals surface area contributed by atoms with E-state index in [1.54, 1.807) is 0 Å². The van der Waals surface area contributed by atoms with Gasteiger partial charge in [-0.05, 0) is 31.0 Å².